The highest BCUT2D eigenvalue weighted by atomic mass is 16.6. The molecule has 0 radical (unpaired) electrons. The van der Waals surface area contributed by atoms with Crippen LogP contribution in [0.2, 0.25) is 0 Å². The molecule has 1 heterocycles. The zero-order valence-corrected chi connectivity index (χ0v) is 16.2. The van der Waals surface area contributed by atoms with E-state index in [1.807, 2.05) is 44.7 Å². The fourth-order valence-corrected chi connectivity index (χ4v) is 2.95. The molecule has 1 aromatic carbocycles. The second kappa shape index (κ2) is 9.03. The Morgan fingerprint density at radius 3 is 2.54 bits per heavy atom. The van der Waals surface area contributed by atoms with Gasteiger partial charge in [0.2, 0.25) is 5.91 Å². The summed E-state index contributed by atoms with van der Waals surface area (Å²) in [5, 5.41) is 2.69. The van der Waals surface area contributed by atoms with E-state index in [2.05, 4.69) is 5.32 Å². The van der Waals surface area contributed by atoms with Gasteiger partial charge in [-0.3, -0.25) is 10.1 Å². The summed E-state index contributed by atoms with van der Waals surface area (Å²) in [4.78, 5) is 26.2. The number of rotatable bonds is 5. The van der Waals surface area contributed by atoms with E-state index in [0.29, 0.717) is 25.3 Å². The zero-order chi connectivity index (χ0) is 19.2. The van der Waals surface area contributed by atoms with Gasteiger partial charge in [0.1, 0.15) is 5.60 Å². The van der Waals surface area contributed by atoms with Crippen LogP contribution in [0.3, 0.4) is 0 Å². The SMILES string of the molecule is CCOC1CCCN(C(=O)Cc2ccc(NC(=O)OC(C)(C)C)cc2)C1. The third-order valence-electron chi connectivity index (χ3n) is 4.09. The highest BCUT2D eigenvalue weighted by Gasteiger charge is 2.23. The molecule has 1 fully saturated rings. The van der Waals surface area contributed by atoms with Crippen LogP contribution >= 0.6 is 0 Å². The van der Waals surface area contributed by atoms with Crippen molar-refractivity contribution in [2.24, 2.45) is 0 Å². The van der Waals surface area contributed by atoms with Gasteiger partial charge in [0.15, 0.2) is 0 Å². The maximum atomic E-state index is 12.5. The van der Waals surface area contributed by atoms with Crippen LogP contribution in [0.1, 0.15) is 46.1 Å². The normalized spacial score (nSPS) is 17.7. The molecule has 1 aliphatic heterocycles. The van der Waals surface area contributed by atoms with Crippen LogP contribution in [0.25, 0.3) is 0 Å². The molecular formula is C20H30N2O4. The molecule has 144 valence electrons. The Hall–Kier alpha value is -2.08. The molecule has 6 heteroatoms. The van der Waals surface area contributed by atoms with Gasteiger partial charge in [-0.15, -0.1) is 0 Å². The van der Waals surface area contributed by atoms with E-state index >= 15 is 0 Å². The number of carbonyl (C=O) groups excluding carboxylic acids is 2. The maximum Gasteiger partial charge on any atom is 0.412 e. The predicted octanol–water partition coefficient (Wildman–Crippen LogP) is 3.60. The van der Waals surface area contributed by atoms with E-state index in [0.717, 1.165) is 24.9 Å². The molecule has 26 heavy (non-hydrogen) atoms. The summed E-state index contributed by atoms with van der Waals surface area (Å²) in [7, 11) is 0. The monoisotopic (exact) mass is 362 g/mol. The van der Waals surface area contributed by atoms with Gasteiger partial charge in [-0.05, 0) is 58.2 Å². The van der Waals surface area contributed by atoms with Crippen molar-refractivity contribution >= 4 is 17.7 Å². The fraction of sp³-hybridized carbons (Fsp3) is 0.600. The third-order valence-corrected chi connectivity index (χ3v) is 4.09. The number of likely N-dealkylation sites (tertiary alicyclic amines) is 1. The van der Waals surface area contributed by atoms with Gasteiger partial charge in [-0.2, -0.15) is 0 Å². The first kappa shape index (κ1) is 20.2. The second-order valence-electron chi connectivity index (χ2n) is 7.56. The first-order valence-corrected chi connectivity index (χ1v) is 9.25. The average molecular weight is 362 g/mol. The van der Waals surface area contributed by atoms with Crippen LogP contribution in [0.5, 0.6) is 0 Å². The van der Waals surface area contributed by atoms with Crippen LogP contribution in [0.15, 0.2) is 24.3 Å². The highest BCUT2D eigenvalue weighted by Crippen LogP contribution is 2.17. The highest BCUT2D eigenvalue weighted by molar-refractivity contribution is 5.85. The summed E-state index contributed by atoms with van der Waals surface area (Å²) in [5.41, 5.74) is 1.03. The van der Waals surface area contributed by atoms with E-state index in [1.165, 1.54) is 0 Å². The van der Waals surface area contributed by atoms with E-state index < -0.39 is 11.7 Å². The number of nitrogens with one attached hydrogen (secondary N) is 1. The number of benzene rings is 1. The van der Waals surface area contributed by atoms with Gasteiger partial charge in [0.25, 0.3) is 0 Å². The molecule has 1 N–H and O–H groups in total. The molecule has 6 nitrogen and oxygen atoms in total. The smallest absolute Gasteiger partial charge is 0.412 e. The van der Waals surface area contributed by atoms with E-state index in [4.69, 9.17) is 9.47 Å². The van der Waals surface area contributed by atoms with Gasteiger partial charge in [-0.25, -0.2) is 4.79 Å². The Morgan fingerprint density at radius 2 is 1.92 bits per heavy atom. The molecule has 1 aliphatic rings. The van der Waals surface area contributed by atoms with Crippen LogP contribution in [-0.4, -0.2) is 48.3 Å². The molecule has 1 atom stereocenters. The van der Waals surface area contributed by atoms with Crippen molar-refractivity contribution in [1.29, 1.82) is 0 Å². The molecule has 0 bridgehead atoms. The standard InChI is InChI=1S/C20H30N2O4/c1-5-25-17-7-6-12-22(14-17)18(23)13-15-8-10-16(11-9-15)21-19(24)26-20(2,3)4/h8-11,17H,5-7,12-14H2,1-4H3,(H,21,24). The number of piperidine rings is 1. The number of hydrogen-bond donors (Lipinski definition) is 1. The lowest BCUT2D eigenvalue weighted by Gasteiger charge is -2.32. The Bertz CT molecular complexity index is 605. The van der Waals surface area contributed by atoms with Crippen molar-refractivity contribution < 1.29 is 19.1 Å². The van der Waals surface area contributed by atoms with Gasteiger partial charge < -0.3 is 14.4 Å². The van der Waals surface area contributed by atoms with Gasteiger partial charge in [0, 0.05) is 25.4 Å². The molecule has 0 spiro atoms. The average Bonchev–Trinajstić information content (AvgIpc) is 2.55. The van der Waals surface area contributed by atoms with E-state index in [1.54, 1.807) is 12.1 Å². The second-order valence-corrected chi connectivity index (χ2v) is 7.56. The minimum absolute atomic E-state index is 0.113. The molecule has 0 aromatic heterocycles. The quantitative estimate of drug-likeness (QED) is 0.869. The molecule has 0 saturated carbocycles. The summed E-state index contributed by atoms with van der Waals surface area (Å²) < 4.78 is 10.9. The first-order valence-electron chi connectivity index (χ1n) is 9.25. The number of ether oxygens (including phenoxy) is 2. The lowest BCUT2D eigenvalue weighted by molar-refractivity contribution is -0.134. The third kappa shape index (κ3) is 6.67. The fourth-order valence-electron chi connectivity index (χ4n) is 2.95. The molecule has 1 aromatic rings. The van der Waals surface area contributed by atoms with Gasteiger partial charge in [0.05, 0.1) is 12.5 Å². The molecule has 1 saturated heterocycles. The molecule has 0 aliphatic carbocycles. The Labute approximate surface area is 155 Å². The Kier molecular flexibility index (Phi) is 7.03. The van der Waals surface area contributed by atoms with Crippen LogP contribution in [-0.2, 0) is 20.7 Å². The molecule has 2 amide bonds. The zero-order valence-electron chi connectivity index (χ0n) is 16.2. The first-order chi connectivity index (χ1) is 12.3. The molecule has 1 unspecified atom stereocenters. The number of anilines is 1. The van der Waals surface area contributed by atoms with Crippen LogP contribution in [0.4, 0.5) is 10.5 Å². The summed E-state index contributed by atoms with van der Waals surface area (Å²) in [5.74, 6) is 0.113. The van der Waals surface area contributed by atoms with Crippen molar-refractivity contribution in [3.63, 3.8) is 0 Å². The minimum Gasteiger partial charge on any atom is -0.444 e. The Morgan fingerprint density at radius 1 is 1.23 bits per heavy atom. The van der Waals surface area contributed by atoms with E-state index in [-0.39, 0.29) is 12.0 Å². The summed E-state index contributed by atoms with van der Waals surface area (Å²) in [6, 6.07) is 7.28. The van der Waals surface area contributed by atoms with Crippen LogP contribution < -0.4 is 5.32 Å². The number of nitrogens with zero attached hydrogens (tertiary/aromatic N) is 1. The van der Waals surface area contributed by atoms with E-state index in [9.17, 15) is 9.59 Å². The number of hydrogen-bond acceptors (Lipinski definition) is 4. The lowest BCUT2D eigenvalue weighted by atomic mass is 10.1. The summed E-state index contributed by atoms with van der Waals surface area (Å²) in [6.45, 7) is 9.58. The minimum atomic E-state index is -0.537. The van der Waals surface area contributed by atoms with Gasteiger partial charge >= 0.3 is 6.09 Å². The maximum absolute atomic E-state index is 12.5. The van der Waals surface area contributed by atoms with Crippen molar-refractivity contribution in [2.45, 2.75) is 58.7 Å². The van der Waals surface area contributed by atoms with Crippen molar-refractivity contribution in [3.05, 3.63) is 29.8 Å². The Balaban J connectivity index is 1.86. The van der Waals surface area contributed by atoms with Crippen molar-refractivity contribution in [1.82, 2.24) is 4.90 Å². The number of carbonyl (C=O) groups is 2. The van der Waals surface area contributed by atoms with Crippen LogP contribution in [0, 0.1) is 0 Å². The lowest BCUT2D eigenvalue weighted by Crippen LogP contribution is -2.43. The van der Waals surface area contributed by atoms with Gasteiger partial charge in [-0.1, -0.05) is 12.1 Å². The number of amides is 2. The van der Waals surface area contributed by atoms with Crippen molar-refractivity contribution in [3.8, 4) is 0 Å². The predicted molar refractivity (Wildman–Crippen MR) is 101 cm³/mol. The summed E-state index contributed by atoms with van der Waals surface area (Å²) in [6.07, 6.45) is 2.01. The van der Waals surface area contributed by atoms with Crippen molar-refractivity contribution in [2.75, 3.05) is 25.0 Å². The topological polar surface area (TPSA) is 67.9 Å². The molecular weight excluding hydrogens is 332 g/mol. The molecule has 2 rings (SSSR count). The largest absolute Gasteiger partial charge is 0.444 e. The summed E-state index contributed by atoms with van der Waals surface area (Å²) >= 11 is 0.